The number of benzene rings is 1. The van der Waals surface area contributed by atoms with Crippen LogP contribution in [0.5, 0.6) is 11.5 Å². The van der Waals surface area contributed by atoms with Crippen molar-refractivity contribution < 1.29 is 9.47 Å². The highest BCUT2D eigenvalue weighted by Gasteiger charge is 2.16. The summed E-state index contributed by atoms with van der Waals surface area (Å²) in [5.74, 6) is 1.01. The summed E-state index contributed by atoms with van der Waals surface area (Å²) < 4.78 is 11.9. The van der Waals surface area contributed by atoms with Crippen LogP contribution in [0.3, 0.4) is 0 Å². The van der Waals surface area contributed by atoms with Crippen LogP contribution >= 0.6 is 11.6 Å². The lowest BCUT2D eigenvalue weighted by Gasteiger charge is -2.12. The van der Waals surface area contributed by atoms with E-state index in [-0.39, 0.29) is 5.69 Å². The highest BCUT2D eigenvalue weighted by Crippen LogP contribution is 2.34. The molecule has 0 fully saturated rings. The molecule has 1 heterocycles. The normalized spacial score (nSPS) is 10.1. The molecule has 0 amide bonds. The van der Waals surface area contributed by atoms with E-state index in [2.05, 4.69) is 10.3 Å². The van der Waals surface area contributed by atoms with Crippen molar-refractivity contribution in [2.75, 3.05) is 14.2 Å². The van der Waals surface area contributed by atoms with Gasteiger partial charge >= 0.3 is 0 Å². The first-order valence-electron chi connectivity index (χ1n) is 5.36. The van der Waals surface area contributed by atoms with Crippen molar-refractivity contribution in [1.82, 2.24) is 15.0 Å². The molecule has 0 N–H and O–H groups in total. The number of halogens is 1. The van der Waals surface area contributed by atoms with Crippen molar-refractivity contribution in [2.45, 2.75) is 6.92 Å². The van der Waals surface area contributed by atoms with E-state index in [0.717, 1.165) is 0 Å². The molecule has 0 unspecified atom stereocenters. The monoisotopic (exact) mass is 278 g/mol. The molecule has 1 aromatic heterocycles. The first kappa shape index (κ1) is 13.2. The Morgan fingerprint density at radius 1 is 1.26 bits per heavy atom. The summed E-state index contributed by atoms with van der Waals surface area (Å²) in [5.41, 5.74) is 1.48. The number of rotatable bonds is 3. The average molecular weight is 279 g/mol. The number of hydrogen-bond donors (Lipinski definition) is 0. The summed E-state index contributed by atoms with van der Waals surface area (Å²) in [5, 5.41) is 17.1. The molecule has 0 radical (unpaired) electrons. The molecule has 19 heavy (non-hydrogen) atoms. The smallest absolute Gasteiger partial charge is 0.186 e. The molecule has 6 nitrogen and oxygen atoms in total. The van der Waals surface area contributed by atoms with E-state index in [1.807, 2.05) is 6.07 Å². The van der Waals surface area contributed by atoms with Gasteiger partial charge in [-0.05, 0) is 6.92 Å². The van der Waals surface area contributed by atoms with Gasteiger partial charge in [0.2, 0.25) is 0 Å². The van der Waals surface area contributed by atoms with E-state index < -0.39 is 0 Å². The molecule has 0 saturated carbocycles. The van der Waals surface area contributed by atoms with E-state index in [9.17, 15) is 0 Å². The first-order valence-corrected chi connectivity index (χ1v) is 5.74. The van der Waals surface area contributed by atoms with E-state index in [1.165, 1.54) is 18.9 Å². The maximum Gasteiger partial charge on any atom is 0.186 e. The number of hydrogen-bond acceptors (Lipinski definition) is 5. The lowest BCUT2D eigenvalue weighted by molar-refractivity contribution is 0.400. The van der Waals surface area contributed by atoms with Crippen molar-refractivity contribution in [1.29, 1.82) is 5.26 Å². The van der Waals surface area contributed by atoms with Gasteiger partial charge in [-0.1, -0.05) is 16.8 Å². The molecule has 7 heteroatoms. The van der Waals surface area contributed by atoms with Crippen LogP contribution in [0.1, 0.15) is 11.4 Å². The standard InChI is InChI=1S/C12H11ClN4O2/c1-7-9(6-14)15-16-17(7)10-5-11(18-2)8(13)4-12(10)19-3/h4-5H,1-3H3. The van der Waals surface area contributed by atoms with Gasteiger partial charge in [0.25, 0.3) is 0 Å². The third-order valence-corrected chi connectivity index (χ3v) is 2.98. The van der Waals surface area contributed by atoms with E-state index >= 15 is 0 Å². The molecule has 0 saturated heterocycles. The summed E-state index contributed by atoms with van der Waals surface area (Å²) in [6.07, 6.45) is 0. The number of aromatic nitrogens is 3. The molecule has 2 aromatic rings. The first-order chi connectivity index (χ1) is 9.12. The molecule has 1 aromatic carbocycles. The summed E-state index contributed by atoms with van der Waals surface area (Å²) in [6.45, 7) is 1.75. The minimum Gasteiger partial charge on any atom is -0.495 e. The topological polar surface area (TPSA) is 73.0 Å². The molecule has 0 aliphatic heterocycles. The molecule has 0 atom stereocenters. The summed E-state index contributed by atoms with van der Waals surface area (Å²) >= 11 is 6.04. The second-order valence-electron chi connectivity index (χ2n) is 3.71. The maximum absolute atomic E-state index is 8.91. The molecule has 0 spiro atoms. The van der Waals surface area contributed by atoms with Crippen molar-refractivity contribution >= 4 is 11.6 Å². The molecule has 0 bridgehead atoms. The van der Waals surface area contributed by atoms with Crippen LogP contribution < -0.4 is 9.47 Å². The van der Waals surface area contributed by atoms with E-state index in [1.54, 1.807) is 19.1 Å². The van der Waals surface area contributed by atoms with Crippen molar-refractivity contribution in [3.05, 3.63) is 28.5 Å². The zero-order chi connectivity index (χ0) is 14.0. The van der Waals surface area contributed by atoms with Gasteiger partial charge in [-0.2, -0.15) is 5.26 Å². The minimum absolute atomic E-state index is 0.260. The van der Waals surface area contributed by atoms with Crippen molar-refractivity contribution in [3.8, 4) is 23.3 Å². The van der Waals surface area contributed by atoms with Gasteiger partial charge in [-0.3, -0.25) is 0 Å². The largest absolute Gasteiger partial charge is 0.495 e. The van der Waals surface area contributed by atoms with Crippen LogP contribution in [-0.2, 0) is 0 Å². The van der Waals surface area contributed by atoms with Gasteiger partial charge in [0, 0.05) is 12.1 Å². The van der Waals surface area contributed by atoms with Gasteiger partial charge in [-0.25, -0.2) is 4.68 Å². The predicted molar refractivity (Wildman–Crippen MR) is 68.9 cm³/mol. The zero-order valence-electron chi connectivity index (χ0n) is 10.6. The van der Waals surface area contributed by atoms with Crippen LogP contribution in [-0.4, -0.2) is 29.2 Å². The second-order valence-corrected chi connectivity index (χ2v) is 4.11. The van der Waals surface area contributed by atoms with Crippen LogP contribution in [0.4, 0.5) is 0 Å². The Morgan fingerprint density at radius 2 is 1.95 bits per heavy atom. The fraction of sp³-hybridized carbons (Fsp3) is 0.250. The average Bonchev–Trinajstić information content (AvgIpc) is 2.79. The lowest BCUT2D eigenvalue weighted by Crippen LogP contribution is -2.03. The Labute approximate surface area is 115 Å². The lowest BCUT2D eigenvalue weighted by atomic mass is 10.2. The number of nitrogens with zero attached hydrogens (tertiary/aromatic N) is 4. The Hall–Kier alpha value is -2.26. The van der Waals surface area contributed by atoms with Gasteiger partial charge in [0.1, 0.15) is 23.3 Å². The van der Waals surface area contributed by atoms with E-state index in [0.29, 0.717) is 27.9 Å². The van der Waals surface area contributed by atoms with Gasteiger partial charge in [-0.15, -0.1) is 5.10 Å². The summed E-state index contributed by atoms with van der Waals surface area (Å²) in [4.78, 5) is 0. The van der Waals surface area contributed by atoms with Crippen LogP contribution in [0.15, 0.2) is 12.1 Å². The molecule has 2 rings (SSSR count). The van der Waals surface area contributed by atoms with Crippen molar-refractivity contribution in [2.24, 2.45) is 0 Å². The predicted octanol–water partition coefficient (Wildman–Crippen LogP) is 2.12. The molecule has 0 aliphatic carbocycles. The number of nitriles is 1. The fourth-order valence-electron chi connectivity index (χ4n) is 1.67. The highest BCUT2D eigenvalue weighted by molar-refractivity contribution is 6.32. The van der Waals surface area contributed by atoms with Crippen LogP contribution in [0.2, 0.25) is 5.02 Å². The highest BCUT2D eigenvalue weighted by atomic mass is 35.5. The number of methoxy groups -OCH3 is 2. The third-order valence-electron chi connectivity index (χ3n) is 2.68. The Balaban J connectivity index is 2.66. The Bertz CT molecular complexity index is 660. The van der Waals surface area contributed by atoms with E-state index in [4.69, 9.17) is 26.3 Å². The molecular weight excluding hydrogens is 268 g/mol. The summed E-state index contributed by atoms with van der Waals surface area (Å²) in [6, 6.07) is 5.28. The molecule has 0 aliphatic rings. The molecular formula is C12H11ClN4O2. The quantitative estimate of drug-likeness (QED) is 0.860. The van der Waals surface area contributed by atoms with Crippen molar-refractivity contribution in [3.63, 3.8) is 0 Å². The maximum atomic E-state index is 8.91. The second kappa shape index (κ2) is 5.16. The van der Waals surface area contributed by atoms with Gasteiger partial charge in [0.15, 0.2) is 5.69 Å². The zero-order valence-corrected chi connectivity index (χ0v) is 11.4. The fourth-order valence-corrected chi connectivity index (χ4v) is 1.90. The molecule has 98 valence electrons. The SMILES string of the molecule is COc1cc(-n2nnc(C#N)c2C)c(OC)cc1Cl. The van der Waals surface area contributed by atoms with Gasteiger partial charge < -0.3 is 9.47 Å². The van der Waals surface area contributed by atoms with Gasteiger partial charge in [0.05, 0.1) is 24.9 Å². The van der Waals surface area contributed by atoms with Crippen LogP contribution in [0, 0.1) is 18.3 Å². The Kier molecular flexibility index (Phi) is 3.58. The minimum atomic E-state index is 0.260. The Morgan fingerprint density at radius 3 is 2.47 bits per heavy atom. The summed E-state index contributed by atoms with van der Waals surface area (Å²) in [7, 11) is 3.05. The van der Waals surface area contributed by atoms with Crippen LogP contribution in [0.25, 0.3) is 5.69 Å². The third kappa shape index (κ3) is 2.20. The number of ether oxygens (including phenoxy) is 2.